The van der Waals surface area contributed by atoms with Crippen LogP contribution in [0.5, 0.6) is 0 Å². The quantitative estimate of drug-likeness (QED) is 0.844. The number of nitrogens with zero attached hydrogens (tertiary/aromatic N) is 2. The summed E-state index contributed by atoms with van der Waals surface area (Å²) in [5.41, 5.74) is 1.89. The number of amides is 1. The van der Waals surface area contributed by atoms with Gasteiger partial charge < -0.3 is 5.32 Å². The van der Waals surface area contributed by atoms with Gasteiger partial charge in [0.15, 0.2) is 0 Å². The third-order valence-corrected chi connectivity index (χ3v) is 4.54. The SMILES string of the molecule is CCc1nn(C)cc1C(=O)NCC1(CBr)CC1. The Bertz CT molecular complexity index is 423. The zero-order valence-corrected chi connectivity index (χ0v) is 11.9. The Morgan fingerprint density at radius 2 is 2.35 bits per heavy atom. The van der Waals surface area contributed by atoms with E-state index in [4.69, 9.17) is 0 Å². The lowest BCUT2D eigenvalue weighted by Crippen LogP contribution is -2.31. The molecule has 1 amide bonds. The van der Waals surface area contributed by atoms with Crippen LogP contribution in [0.3, 0.4) is 0 Å². The molecule has 17 heavy (non-hydrogen) atoms. The highest BCUT2D eigenvalue weighted by Gasteiger charge is 2.41. The maximum atomic E-state index is 12.0. The average Bonchev–Trinajstić information content (AvgIpc) is 3.02. The molecule has 1 N–H and O–H groups in total. The van der Waals surface area contributed by atoms with E-state index < -0.39 is 0 Å². The molecule has 0 atom stereocenters. The summed E-state index contributed by atoms with van der Waals surface area (Å²) in [6.07, 6.45) is 4.98. The lowest BCUT2D eigenvalue weighted by molar-refractivity contribution is 0.0945. The molecule has 0 radical (unpaired) electrons. The molecule has 2 rings (SSSR count). The van der Waals surface area contributed by atoms with Crippen LogP contribution in [0, 0.1) is 5.41 Å². The number of aromatic nitrogens is 2. The molecule has 5 heteroatoms. The summed E-state index contributed by atoms with van der Waals surface area (Å²) in [4.78, 5) is 12.0. The third kappa shape index (κ3) is 2.70. The Morgan fingerprint density at radius 3 is 2.88 bits per heavy atom. The van der Waals surface area contributed by atoms with Crippen LogP contribution in [-0.2, 0) is 13.5 Å². The van der Waals surface area contributed by atoms with E-state index in [9.17, 15) is 4.79 Å². The summed E-state index contributed by atoms with van der Waals surface area (Å²) in [6.45, 7) is 2.77. The lowest BCUT2D eigenvalue weighted by Gasteiger charge is -2.12. The van der Waals surface area contributed by atoms with E-state index in [1.54, 1.807) is 10.9 Å². The van der Waals surface area contributed by atoms with Gasteiger partial charge in [-0.2, -0.15) is 5.10 Å². The second kappa shape index (κ2) is 4.80. The van der Waals surface area contributed by atoms with E-state index >= 15 is 0 Å². The van der Waals surface area contributed by atoms with E-state index in [1.165, 1.54) is 12.8 Å². The van der Waals surface area contributed by atoms with Crippen molar-refractivity contribution in [3.05, 3.63) is 17.5 Å². The van der Waals surface area contributed by atoms with Crippen molar-refractivity contribution >= 4 is 21.8 Å². The van der Waals surface area contributed by atoms with E-state index in [2.05, 4.69) is 26.3 Å². The molecule has 1 aromatic heterocycles. The highest BCUT2D eigenvalue weighted by Crippen LogP contribution is 2.46. The van der Waals surface area contributed by atoms with Gasteiger partial charge in [-0.15, -0.1) is 0 Å². The van der Waals surface area contributed by atoms with Crippen molar-refractivity contribution in [1.82, 2.24) is 15.1 Å². The fourth-order valence-electron chi connectivity index (χ4n) is 1.88. The summed E-state index contributed by atoms with van der Waals surface area (Å²) in [5, 5.41) is 8.26. The Balaban J connectivity index is 1.99. The van der Waals surface area contributed by atoms with Crippen LogP contribution in [0.4, 0.5) is 0 Å². The number of aryl methyl sites for hydroxylation is 2. The first-order chi connectivity index (χ1) is 8.10. The van der Waals surface area contributed by atoms with Crippen LogP contribution < -0.4 is 5.32 Å². The largest absolute Gasteiger partial charge is 0.351 e. The average molecular weight is 300 g/mol. The van der Waals surface area contributed by atoms with Crippen LogP contribution in [0.25, 0.3) is 0 Å². The molecule has 0 unspecified atom stereocenters. The van der Waals surface area contributed by atoms with Gasteiger partial charge in [0, 0.05) is 25.1 Å². The van der Waals surface area contributed by atoms with E-state index in [0.29, 0.717) is 11.0 Å². The second-order valence-electron chi connectivity index (χ2n) is 4.83. The smallest absolute Gasteiger partial charge is 0.254 e. The van der Waals surface area contributed by atoms with Crippen molar-refractivity contribution in [1.29, 1.82) is 0 Å². The van der Waals surface area contributed by atoms with Gasteiger partial charge in [0.1, 0.15) is 0 Å². The van der Waals surface area contributed by atoms with Gasteiger partial charge in [0.2, 0.25) is 0 Å². The topological polar surface area (TPSA) is 46.9 Å². The number of alkyl halides is 1. The highest BCUT2D eigenvalue weighted by molar-refractivity contribution is 9.09. The van der Waals surface area contributed by atoms with Crippen molar-refractivity contribution in [3.63, 3.8) is 0 Å². The van der Waals surface area contributed by atoms with Crippen molar-refractivity contribution in [2.75, 3.05) is 11.9 Å². The Hall–Kier alpha value is -0.840. The fourth-order valence-corrected chi connectivity index (χ4v) is 2.64. The van der Waals surface area contributed by atoms with Crippen molar-refractivity contribution in [2.24, 2.45) is 12.5 Å². The highest BCUT2D eigenvalue weighted by atomic mass is 79.9. The van der Waals surface area contributed by atoms with Gasteiger partial charge in [0.05, 0.1) is 11.3 Å². The Morgan fingerprint density at radius 1 is 1.65 bits per heavy atom. The lowest BCUT2D eigenvalue weighted by atomic mass is 10.1. The molecule has 94 valence electrons. The van der Waals surface area contributed by atoms with E-state index in [0.717, 1.165) is 24.0 Å². The van der Waals surface area contributed by atoms with Crippen LogP contribution in [0.1, 0.15) is 35.8 Å². The Kier molecular flexibility index (Phi) is 3.56. The molecule has 1 heterocycles. The Labute approximate surface area is 110 Å². The predicted octanol–water partition coefficient (Wildman–Crippen LogP) is 1.89. The number of rotatable bonds is 5. The molecule has 1 aromatic rings. The first kappa shape index (κ1) is 12.6. The zero-order valence-electron chi connectivity index (χ0n) is 10.3. The first-order valence-electron chi connectivity index (χ1n) is 5.97. The standard InChI is InChI=1S/C12H18BrN3O/c1-3-10-9(6-16(2)15-10)11(17)14-8-12(7-13)4-5-12/h6H,3-5,7-8H2,1-2H3,(H,14,17). The molecule has 1 saturated carbocycles. The minimum atomic E-state index is 0.00201. The van der Waals surface area contributed by atoms with Crippen molar-refractivity contribution < 1.29 is 4.79 Å². The normalized spacial score (nSPS) is 16.9. The molecule has 1 aliphatic rings. The van der Waals surface area contributed by atoms with Crippen molar-refractivity contribution in [3.8, 4) is 0 Å². The fraction of sp³-hybridized carbons (Fsp3) is 0.667. The molecule has 4 nitrogen and oxygen atoms in total. The summed E-state index contributed by atoms with van der Waals surface area (Å²) in [7, 11) is 1.84. The van der Waals surface area contributed by atoms with Gasteiger partial charge in [0.25, 0.3) is 5.91 Å². The van der Waals surface area contributed by atoms with Crippen LogP contribution in [-0.4, -0.2) is 27.6 Å². The molecule has 1 aliphatic carbocycles. The molecule has 0 spiro atoms. The molecule has 0 saturated heterocycles. The summed E-state index contributed by atoms with van der Waals surface area (Å²) in [5.74, 6) is 0.00201. The third-order valence-electron chi connectivity index (χ3n) is 3.35. The number of carbonyl (C=O) groups is 1. The minimum Gasteiger partial charge on any atom is -0.351 e. The zero-order chi connectivity index (χ0) is 12.5. The van der Waals surface area contributed by atoms with Gasteiger partial charge in [-0.1, -0.05) is 22.9 Å². The van der Waals surface area contributed by atoms with Crippen LogP contribution >= 0.6 is 15.9 Å². The number of hydrogen-bond donors (Lipinski definition) is 1. The monoisotopic (exact) mass is 299 g/mol. The minimum absolute atomic E-state index is 0.00201. The van der Waals surface area contributed by atoms with Gasteiger partial charge >= 0.3 is 0 Å². The summed E-state index contributed by atoms with van der Waals surface area (Å²) in [6, 6.07) is 0. The van der Waals surface area contributed by atoms with Gasteiger partial charge in [-0.25, -0.2) is 0 Å². The maximum Gasteiger partial charge on any atom is 0.254 e. The second-order valence-corrected chi connectivity index (χ2v) is 5.39. The summed E-state index contributed by atoms with van der Waals surface area (Å²) >= 11 is 3.50. The molecule has 1 fully saturated rings. The van der Waals surface area contributed by atoms with Crippen molar-refractivity contribution in [2.45, 2.75) is 26.2 Å². The predicted molar refractivity (Wildman–Crippen MR) is 70.4 cm³/mol. The number of carbonyl (C=O) groups excluding carboxylic acids is 1. The molecule has 0 aromatic carbocycles. The van der Waals surface area contributed by atoms with Crippen LogP contribution in [0.15, 0.2) is 6.20 Å². The van der Waals surface area contributed by atoms with E-state index in [1.807, 2.05) is 14.0 Å². The number of halogens is 1. The molecule has 0 bridgehead atoms. The van der Waals surface area contributed by atoms with Crippen LogP contribution in [0.2, 0.25) is 0 Å². The first-order valence-corrected chi connectivity index (χ1v) is 7.09. The molecule has 0 aliphatic heterocycles. The molecular formula is C12H18BrN3O. The number of hydrogen-bond acceptors (Lipinski definition) is 2. The number of nitrogens with one attached hydrogen (secondary N) is 1. The molecular weight excluding hydrogens is 282 g/mol. The summed E-state index contributed by atoms with van der Waals surface area (Å²) < 4.78 is 1.70. The van der Waals surface area contributed by atoms with E-state index in [-0.39, 0.29) is 5.91 Å². The van der Waals surface area contributed by atoms with Gasteiger partial charge in [-0.3, -0.25) is 9.48 Å². The van der Waals surface area contributed by atoms with Gasteiger partial charge in [-0.05, 0) is 24.7 Å². The maximum absolute atomic E-state index is 12.0.